The van der Waals surface area contributed by atoms with Crippen LogP contribution in [0.4, 0.5) is 17.1 Å². The highest BCUT2D eigenvalue weighted by Gasteiger charge is 2.16. The minimum atomic E-state index is 0.805. The van der Waals surface area contributed by atoms with Gasteiger partial charge in [-0.3, -0.25) is 0 Å². The van der Waals surface area contributed by atoms with Crippen LogP contribution in [0.25, 0.3) is 0 Å². The Kier molecular flexibility index (Phi) is 5.03. The fourth-order valence-corrected chi connectivity index (χ4v) is 3.07. The molecule has 0 saturated carbocycles. The van der Waals surface area contributed by atoms with Crippen molar-refractivity contribution in [2.75, 3.05) is 55.7 Å². The normalized spacial score (nSPS) is 15.6. The Labute approximate surface area is 138 Å². The molecule has 0 aliphatic carbocycles. The lowest BCUT2D eigenvalue weighted by atomic mass is 10.1. The third kappa shape index (κ3) is 3.96. The fourth-order valence-electron chi connectivity index (χ4n) is 3.07. The monoisotopic (exact) mass is 310 g/mol. The zero-order valence-electron chi connectivity index (χ0n) is 13.8. The van der Waals surface area contributed by atoms with Crippen LogP contribution < -0.4 is 16.0 Å². The van der Waals surface area contributed by atoms with E-state index in [1.807, 2.05) is 24.3 Å². The summed E-state index contributed by atoms with van der Waals surface area (Å²) < 4.78 is 0. The largest absolute Gasteiger partial charge is 0.397 e. The Morgan fingerprint density at radius 3 is 2.43 bits per heavy atom. The molecule has 0 bridgehead atoms. The van der Waals surface area contributed by atoms with Gasteiger partial charge in [0.25, 0.3) is 0 Å². The lowest BCUT2D eigenvalue weighted by Gasteiger charge is -2.35. The summed E-state index contributed by atoms with van der Waals surface area (Å²) in [6.45, 7) is 5.36. The average Bonchev–Trinajstić information content (AvgIpc) is 2.58. The number of hydrogen-bond donors (Lipinski definition) is 2. The van der Waals surface area contributed by atoms with Gasteiger partial charge < -0.3 is 20.9 Å². The molecule has 0 radical (unpaired) electrons. The number of hydrogen-bond acceptors (Lipinski definition) is 4. The van der Waals surface area contributed by atoms with E-state index in [9.17, 15) is 0 Å². The lowest BCUT2D eigenvalue weighted by Crippen LogP contribution is -2.44. The van der Waals surface area contributed by atoms with Crippen molar-refractivity contribution in [2.24, 2.45) is 0 Å². The maximum Gasteiger partial charge on any atom is 0.0574 e. The molecule has 1 fully saturated rings. The number of nitrogen functional groups attached to an aromatic ring is 1. The van der Waals surface area contributed by atoms with Crippen molar-refractivity contribution < 1.29 is 0 Å². The third-order valence-electron chi connectivity index (χ3n) is 4.51. The predicted octanol–water partition coefficient (Wildman–Crippen LogP) is 2.68. The SMILES string of the molecule is CN1CCN(c2ccccc2CCNc2ccccc2N)CC1. The average molecular weight is 310 g/mol. The van der Waals surface area contributed by atoms with Crippen LogP contribution in [0, 0.1) is 0 Å². The number of nitrogens with zero attached hydrogens (tertiary/aromatic N) is 2. The lowest BCUT2D eigenvalue weighted by molar-refractivity contribution is 0.312. The van der Waals surface area contributed by atoms with Crippen molar-refractivity contribution in [3.05, 3.63) is 54.1 Å². The van der Waals surface area contributed by atoms with Crippen LogP contribution in [0.1, 0.15) is 5.56 Å². The van der Waals surface area contributed by atoms with Gasteiger partial charge in [-0.2, -0.15) is 0 Å². The summed E-state index contributed by atoms with van der Waals surface area (Å²) in [5, 5.41) is 3.45. The first-order valence-electron chi connectivity index (χ1n) is 8.34. The molecule has 0 unspecified atom stereocenters. The van der Waals surface area contributed by atoms with Crippen molar-refractivity contribution >= 4 is 17.1 Å². The Bertz CT molecular complexity index is 633. The van der Waals surface area contributed by atoms with Gasteiger partial charge in [-0.25, -0.2) is 0 Å². The Balaban J connectivity index is 1.63. The molecule has 4 nitrogen and oxygen atoms in total. The highest BCUT2D eigenvalue weighted by Crippen LogP contribution is 2.23. The summed E-state index contributed by atoms with van der Waals surface area (Å²) in [4.78, 5) is 4.89. The van der Waals surface area contributed by atoms with E-state index in [1.165, 1.54) is 11.3 Å². The topological polar surface area (TPSA) is 44.5 Å². The molecule has 122 valence electrons. The number of benzene rings is 2. The molecule has 1 saturated heterocycles. The van der Waals surface area contributed by atoms with Crippen molar-refractivity contribution in [3.8, 4) is 0 Å². The van der Waals surface area contributed by atoms with E-state index < -0.39 is 0 Å². The second-order valence-electron chi connectivity index (χ2n) is 6.18. The molecule has 0 spiro atoms. The van der Waals surface area contributed by atoms with E-state index in [2.05, 4.69) is 46.4 Å². The Morgan fingerprint density at radius 1 is 0.957 bits per heavy atom. The van der Waals surface area contributed by atoms with Gasteiger partial charge in [-0.05, 0) is 37.2 Å². The van der Waals surface area contributed by atoms with Crippen molar-refractivity contribution in [1.82, 2.24) is 4.90 Å². The summed E-state index contributed by atoms with van der Waals surface area (Å²) in [5.74, 6) is 0. The molecule has 3 N–H and O–H groups in total. The molecule has 1 heterocycles. The number of rotatable bonds is 5. The molecule has 2 aromatic rings. The van der Waals surface area contributed by atoms with Crippen molar-refractivity contribution in [3.63, 3.8) is 0 Å². The van der Waals surface area contributed by atoms with Crippen LogP contribution in [-0.4, -0.2) is 44.7 Å². The van der Waals surface area contributed by atoms with Crippen molar-refractivity contribution in [1.29, 1.82) is 0 Å². The van der Waals surface area contributed by atoms with E-state index in [4.69, 9.17) is 5.73 Å². The van der Waals surface area contributed by atoms with Crippen molar-refractivity contribution in [2.45, 2.75) is 6.42 Å². The maximum absolute atomic E-state index is 5.98. The molecule has 23 heavy (non-hydrogen) atoms. The first kappa shape index (κ1) is 15.7. The number of piperazine rings is 1. The summed E-state index contributed by atoms with van der Waals surface area (Å²) in [7, 11) is 2.19. The highest BCUT2D eigenvalue weighted by atomic mass is 15.2. The van der Waals surface area contributed by atoms with E-state index in [0.717, 1.165) is 50.5 Å². The minimum absolute atomic E-state index is 0.805. The van der Waals surface area contributed by atoms with Crippen LogP contribution in [0.3, 0.4) is 0 Å². The minimum Gasteiger partial charge on any atom is -0.397 e. The molecule has 1 aliphatic heterocycles. The molecule has 4 heteroatoms. The van der Waals surface area contributed by atoms with Gasteiger partial charge in [0.05, 0.1) is 11.4 Å². The second-order valence-corrected chi connectivity index (χ2v) is 6.18. The molecule has 0 aromatic heterocycles. The summed E-state index contributed by atoms with van der Waals surface area (Å²) in [5.41, 5.74) is 10.6. The van der Waals surface area contributed by atoms with E-state index in [1.54, 1.807) is 0 Å². The number of likely N-dealkylation sites (N-methyl/N-ethyl adjacent to an activating group) is 1. The van der Waals surface area contributed by atoms with Crippen LogP contribution in [0.2, 0.25) is 0 Å². The number of anilines is 3. The predicted molar refractivity (Wildman–Crippen MR) is 99.2 cm³/mol. The maximum atomic E-state index is 5.98. The van der Waals surface area contributed by atoms with E-state index in [0.29, 0.717) is 0 Å². The molecule has 0 atom stereocenters. The highest BCUT2D eigenvalue weighted by molar-refractivity contribution is 5.65. The molecule has 0 amide bonds. The number of para-hydroxylation sites is 3. The van der Waals surface area contributed by atoms with Crippen LogP contribution >= 0.6 is 0 Å². The van der Waals surface area contributed by atoms with Crippen LogP contribution in [-0.2, 0) is 6.42 Å². The Hall–Kier alpha value is -2.20. The van der Waals surface area contributed by atoms with Crippen LogP contribution in [0.15, 0.2) is 48.5 Å². The summed E-state index contributed by atoms with van der Waals surface area (Å²) in [6, 6.07) is 16.7. The molecule has 2 aromatic carbocycles. The van der Waals surface area contributed by atoms with Gasteiger partial charge in [0, 0.05) is 38.4 Å². The number of nitrogens with two attached hydrogens (primary N) is 1. The molecular weight excluding hydrogens is 284 g/mol. The first-order chi connectivity index (χ1) is 11.2. The van der Waals surface area contributed by atoms with Gasteiger partial charge in [0.1, 0.15) is 0 Å². The van der Waals surface area contributed by atoms with E-state index >= 15 is 0 Å². The van der Waals surface area contributed by atoms with Gasteiger partial charge in [-0.15, -0.1) is 0 Å². The quantitative estimate of drug-likeness (QED) is 0.834. The molecule has 1 aliphatic rings. The smallest absolute Gasteiger partial charge is 0.0574 e. The second kappa shape index (κ2) is 7.38. The zero-order valence-corrected chi connectivity index (χ0v) is 13.8. The standard InChI is InChI=1S/C19H26N4/c1-22-12-14-23(15-13-22)19-9-5-2-6-16(19)10-11-21-18-8-4-3-7-17(18)20/h2-9,21H,10-15,20H2,1H3. The summed E-state index contributed by atoms with van der Waals surface area (Å²) in [6.07, 6.45) is 0.997. The van der Waals surface area contributed by atoms with Crippen LogP contribution in [0.5, 0.6) is 0 Å². The van der Waals surface area contributed by atoms with Gasteiger partial charge >= 0.3 is 0 Å². The zero-order chi connectivity index (χ0) is 16.1. The fraction of sp³-hybridized carbons (Fsp3) is 0.368. The Morgan fingerprint density at radius 2 is 1.65 bits per heavy atom. The van der Waals surface area contributed by atoms with Gasteiger partial charge in [0.2, 0.25) is 0 Å². The third-order valence-corrected chi connectivity index (χ3v) is 4.51. The molecular formula is C19H26N4. The van der Waals surface area contributed by atoms with Gasteiger partial charge in [0.15, 0.2) is 0 Å². The first-order valence-corrected chi connectivity index (χ1v) is 8.34. The molecule has 3 rings (SSSR count). The van der Waals surface area contributed by atoms with E-state index in [-0.39, 0.29) is 0 Å². The number of nitrogens with one attached hydrogen (secondary N) is 1. The van der Waals surface area contributed by atoms with Gasteiger partial charge in [-0.1, -0.05) is 30.3 Å². The summed E-state index contributed by atoms with van der Waals surface area (Å²) >= 11 is 0.